The second kappa shape index (κ2) is 7.67. The highest BCUT2D eigenvalue weighted by molar-refractivity contribution is 6.04. The Labute approximate surface area is 167 Å². The Balaban J connectivity index is 1.50. The van der Waals surface area contributed by atoms with Gasteiger partial charge >= 0.3 is 0 Å². The van der Waals surface area contributed by atoms with E-state index in [1.54, 1.807) is 30.3 Å². The van der Waals surface area contributed by atoms with Crippen molar-refractivity contribution in [3.63, 3.8) is 0 Å². The number of hydrogen-bond donors (Lipinski definition) is 2. The summed E-state index contributed by atoms with van der Waals surface area (Å²) in [5, 5.41) is 6.70. The minimum absolute atomic E-state index is 0.206. The minimum atomic E-state index is -0.369. The third kappa shape index (κ3) is 3.91. The highest BCUT2D eigenvalue weighted by Gasteiger charge is 2.17. The molecule has 146 valence electrons. The number of benzene rings is 2. The number of carbonyl (C=O) groups is 2. The van der Waals surface area contributed by atoms with Crippen LogP contribution in [0.15, 0.2) is 75.8 Å². The van der Waals surface area contributed by atoms with Gasteiger partial charge in [-0.05, 0) is 55.8 Å². The van der Waals surface area contributed by atoms with Crippen molar-refractivity contribution in [1.29, 1.82) is 0 Å². The van der Waals surface area contributed by atoms with Crippen molar-refractivity contribution in [2.75, 3.05) is 5.32 Å². The number of rotatable bonds is 5. The van der Waals surface area contributed by atoms with Crippen LogP contribution in [0.3, 0.4) is 0 Å². The number of aryl methyl sites for hydroxylation is 1. The van der Waals surface area contributed by atoms with Crippen molar-refractivity contribution in [2.45, 2.75) is 19.9 Å². The first-order valence-electron chi connectivity index (χ1n) is 9.26. The zero-order valence-corrected chi connectivity index (χ0v) is 16.1. The maximum Gasteiger partial charge on any atom is 0.291 e. The molecule has 0 unspecified atom stereocenters. The van der Waals surface area contributed by atoms with Gasteiger partial charge in [-0.25, -0.2) is 0 Å². The van der Waals surface area contributed by atoms with Crippen LogP contribution in [0.25, 0.3) is 11.0 Å². The lowest BCUT2D eigenvalue weighted by molar-refractivity contribution is 0.0934. The number of furan rings is 2. The normalized spacial score (nSPS) is 11.9. The minimum Gasteiger partial charge on any atom is -0.459 e. The number of carbonyl (C=O) groups excluding carboxylic acids is 2. The molecule has 2 heterocycles. The summed E-state index contributed by atoms with van der Waals surface area (Å²) in [5.41, 5.74) is 2.61. The molecule has 2 aromatic carbocycles. The maximum atomic E-state index is 12.7. The number of para-hydroxylation sites is 1. The predicted molar refractivity (Wildman–Crippen MR) is 110 cm³/mol. The summed E-state index contributed by atoms with van der Waals surface area (Å²) in [6.45, 7) is 3.72. The largest absolute Gasteiger partial charge is 0.459 e. The molecule has 29 heavy (non-hydrogen) atoms. The maximum absolute atomic E-state index is 12.7. The molecule has 0 aliphatic carbocycles. The van der Waals surface area contributed by atoms with Crippen LogP contribution in [0.4, 0.5) is 5.69 Å². The molecule has 2 amide bonds. The van der Waals surface area contributed by atoms with E-state index in [2.05, 4.69) is 10.6 Å². The number of fused-ring (bicyclic) bond motifs is 1. The molecular weight excluding hydrogens is 368 g/mol. The van der Waals surface area contributed by atoms with Crippen LogP contribution in [-0.2, 0) is 0 Å². The van der Waals surface area contributed by atoms with E-state index < -0.39 is 0 Å². The number of anilines is 1. The Morgan fingerprint density at radius 2 is 1.79 bits per heavy atom. The lowest BCUT2D eigenvalue weighted by Crippen LogP contribution is -2.26. The molecule has 2 aromatic heterocycles. The van der Waals surface area contributed by atoms with Crippen molar-refractivity contribution >= 4 is 28.5 Å². The van der Waals surface area contributed by atoms with Gasteiger partial charge in [-0.2, -0.15) is 0 Å². The van der Waals surface area contributed by atoms with Crippen LogP contribution in [0.2, 0.25) is 0 Å². The summed E-state index contributed by atoms with van der Waals surface area (Å²) in [7, 11) is 0. The molecule has 0 radical (unpaired) electrons. The summed E-state index contributed by atoms with van der Waals surface area (Å²) in [6, 6.07) is 17.7. The second-order valence-corrected chi connectivity index (χ2v) is 6.84. The van der Waals surface area contributed by atoms with Crippen molar-refractivity contribution < 1.29 is 18.4 Å². The second-order valence-electron chi connectivity index (χ2n) is 6.84. The molecule has 0 saturated heterocycles. The molecule has 4 aromatic rings. The summed E-state index contributed by atoms with van der Waals surface area (Å²) in [4.78, 5) is 25.0. The van der Waals surface area contributed by atoms with Gasteiger partial charge in [-0.3, -0.25) is 9.59 Å². The van der Waals surface area contributed by atoms with Crippen molar-refractivity contribution in [3.05, 3.63) is 89.6 Å². The third-order valence-electron chi connectivity index (χ3n) is 4.71. The molecule has 6 heteroatoms. The van der Waals surface area contributed by atoms with Gasteiger partial charge in [0.25, 0.3) is 11.8 Å². The fraction of sp³-hybridized carbons (Fsp3) is 0.130. The molecular formula is C23H20N2O4. The van der Waals surface area contributed by atoms with Gasteiger partial charge in [-0.15, -0.1) is 0 Å². The van der Waals surface area contributed by atoms with Gasteiger partial charge in [0.15, 0.2) is 5.76 Å². The van der Waals surface area contributed by atoms with Gasteiger partial charge in [0, 0.05) is 16.6 Å². The fourth-order valence-corrected chi connectivity index (χ4v) is 3.06. The molecule has 6 nitrogen and oxygen atoms in total. The van der Waals surface area contributed by atoms with Crippen LogP contribution in [-0.4, -0.2) is 11.8 Å². The van der Waals surface area contributed by atoms with Gasteiger partial charge in [-0.1, -0.05) is 24.3 Å². The molecule has 0 saturated carbocycles. The quantitative estimate of drug-likeness (QED) is 0.499. The number of hydrogen-bond acceptors (Lipinski definition) is 4. The lowest BCUT2D eigenvalue weighted by atomic mass is 10.1. The Bertz CT molecular complexity index is 1140. The first kappa shape index (κ1) is 18.6. The van der Waals surface area contributed by atoms with Gasteiger partial charge < -0.3 is 19.5 Å². The Kier molecular flexibility index (Phi) is 4.91. The average Bonchev–Trinajstić information content (AvgIpc) is 3.39. The molecule has 4 rings (SSSR count). The van der Waals surface area contributed by atoms with Gasteiger partial charge in [0.05, 0.1) is 12.3 Å². The molecule has 0 fully saturated rings. The summed E-state index contributed by atoms with van der Waals surface area (Å²) < 4.78 is 10.9. The smallest absolute Gasteiger partial charge is 0.291 e. The molecule has 0 aliphatic heterocycles. The molecule has 0 aliphatic rings. The Hall–Kier alpha value is -3.80. The first-order chi connectivity index (χ1) is 14.0. The zero-order valence-electron chi connectivity index (χ0n) is 16.1. The SMILES string of the molecule is Cc1ccc(C(=O)N[C@@H](C)c2cc3ccccc3o2)cc1NC(=O)c1ccco1. The van der Waals surface area contributed by atoms with Crippen LogP contribution < -0.4 is 10.6 Å². The molecule has 0 spiro atoms. The molecule has 2 N–H and O–H groups in total. The monoisotopic (exact) mass is 388 g/mol. The van der Waals surface area contributed by atoms with E-state index in [1.165, 1.54) is 6.26 Å². The highest BCUT2D eigenvalue weighted by Crippen LogP contribution is 2.24. The van der Waals surface area contributed by atoms with E-state index >= 15 is 0 Å². The van der Waals surface area contributed by atoms with E-state index in [-0.39, 0.29) is 23.6 Å². The Morgan fingerprint density at radius 1 is 0.966 bits per heavy atom. The van der Waals surface area contributed by atoms with Crippen molar-refractivity contribution in [3.8, 4) is 0 Å². The lowest BCUT2D eigenvalue weighted by Gasteiger charge is -2.13. The zero-order chi connectivity index (χ0) is 20.4. The topological polar surface area (TPSA) is 84.5 Å². The number of amides is 2. The van der Waals surface area contributed by atoms with Crippen molar-refractivity contribution in [1.82, 2.24) is 5.32 Å². The summed E-state index contributed by atoms with van der Waals surface area (Å²) in [6.07, 6.45) is 1.44. The highest BCUT2D eigenvalue weighted by atomic mass is 16.3. The van der Waals surface area contributed by atoms with Crippen LogP contribution in [0.1, 0.15) is 45.2 Å². The van der Waals surface area contributed by atoms with Crippen LogP contribution in [0.5, 0.6) is 0 Å². The van der Waals surface area contributed by atoms with Crippen LogP contribution in [0, 0.1) is 6.92 Å². The van der Waals surface area contributed by atoms with E-state index in [1.807, 2.05) is 44.2 Å². The van der Waals surface area contributed by atoms with E-state index in [4.69, 9.17) is 8.83 Å². The molecule has 1 atom stereocenters. The van der Waals surface area contributed by atoms with E-state index in [9.17, 15) is 9.59 Å². The van der Waals surface area contributed by atoms with Crippen LogP contribution >= 0.6 is 0 Å². The predicted octanol–water partition coefficient (Wildman–Crippen LogP) is 5.08. The number of nitrogens with one attached hydrogen (secondary N) is 2. The van der Waals surface area contributed by atoms with Gasteiger partial charge in [0.2, 0.25) is 0 Å². The van der Waals surface area contributed by atoms with Crippen molar-refractivity contribution in [2.24, 2.45) is 0 Å². The van der Waals surface area contributed by atoms with Gasteiger partial charge in [0.1, 0.15) is 11.3 Å². The molecule has 0 bridgehead atoms. The first-order valence-corrected chi connectivity index (χ1v) is 9.26. The third-order valence-corrected chi connectivity index (χ3v) is 4.71. The fourth-order valence-electron chi connectivity index (χ4n) is 3.06. The van der Waals surface area contributed by atoms with E-state index in [0.717, 1.165) is 16.5 Å². The summed E-state index contributed by atoms with van der Waals surface area (Å²) >= 11 is 0. The summed E-state index contributed by atoms with van der Waals surface area (Å²) in [5.74, 6) is 0.258. The average molecular weight is 388 g/mol. The standard InChI is InChI=1S/C23H20N2O4/c1-14-9-10-17(12-18(14)25-23(27)20-8-5-11-28-20)22(26)24-15(2)21-13-16-6-3-4-7-19(16)29-21/h3-13,15H,1-2H3,(H,24,26)(H,25,27)/t15-/m0/s1. The Morgan fingerprint density at radius 3 is 2.55 bits per heavy atom. The van der Waals surface area contributed by atoms with E-state index in [0.29, 0.717) is 17.0 Å².